The van der Waals surface area contributed by atoms with Gasteiger partial charge in [-0.25, -0.2) is 4.98 Å². The van der Waals surface area contributed by atoms with Gasteiger partial charge in [0, 0.05) is 17.7 Å². The minimum atomic E-state index is -1.05. The number of nitrogens with zero attached hydrogens (tertiary/aromatic N) is 2. The van der Waals surface area contributed by atoms with Crippen molar-refractivity contribution in [1.82, 2.24) is 9.97 Å². The number of benzene rings is 3. The number of fused-ring (bicyclic) bond motifs is 1. The number of nitrogens with one attached hydrogen (secondary N) is 1. The zero-order valence-electron chi connectivity index (χ0n) is 17.7. The lowest BCUT2D eigenvalue weighted by Gasteiger charge is -2.10. The van der Waals surface area contributed by atoms with Crippen molar-refractivity contribution in [3.05, 3.63) is 94.4 Å². The summed E-state index contributed by atoms with van der Waals surface area (Å²) in [7, 11) is 1.40. The highest BCUT2D eigenvalue weighted by molar-refractivity contribution is 6.30. The Kier molecular flexibility index (Phi) is 6.51. The van der Waals surface area contributed by atoms with Crippen LogP contribution in [0.3, 0.4) is 0 Å². The van der Waals surface area contributed by atoms with Crippen LogP contribution in [0.25, 0.3) is 10.8 Å². The highest BCUT2D eigenvalue weighted by Crippen LogP contribution is 2.25. The van der Waals surface area contributed by atoms with Crippen LogP contribution in [-0.2, 0) is 17.6 Å². The van der Waals surface area contributed by atoms with Gasteiger partial charge >= 0.3 is 5.97 Å². The number of aromatic nitrogens is 2. The number of hydrogen-bond donors (Lipinski definition) is 2. The summed E-state index contributed by atoms with van der Waals surface area (Å²) in [4.78, 5) is 32.2. The Balaban J connectivity index is 1.46. The first kappa shape index (κ1) is 22.2. The summed E-state index contributed by atoms with van der Waals surface area (Å²) in [6, 6.07) is 20.8. The van der Waals surface area contributed by atoms with Crippen LogP contribution in [0.2, 0.25) is 5.15 Å². The van der Waals surface area contributed by atoms with E-state index >= 15 is 0 Å². The molecular formula is C25H20ClN3O4. The topological polar surface area (TPSA) is 101 Å². The van der Waals surface area contributed by atoms with Crippen LogP contribution in [0.4, 0.5) is 5.69 Å². The molecule has 0 atom stereocenters. The van der Waals surface area contributed by atoms with E-state index in [2.05, 4.69) is 15.3 Å². The number of halogens is 1. The Bertz CT molecular complexity index is 1340. The van der Waals surface area contributed by atoms with Gasteiger partial charge in [-0.05, 0) is 40.6 Å². The molecule has 0 radical (unpaired) electrons. The number of amides is 1. The number of anilines is 1. The van der Waals surface area contributed by atoms with Crippen LogP contribution in [0.15, 0.2) is 66.7 Å². The van der Waals surface area contributed by atoms with Gasteiger partial charge in [-0.1, -0.05) is 54.1 Å². The van der Waals surface area contributed by atoms with Crippen LogP contribution in [-0.4, -0.2) is 34.1 Å². The first-order valence-corrected chi connectivity index (χ1v) is 10.5. The van der Waals surface area contributed by atoms with Gasteiger partial charge in [0.2, 0.25) is 5.88 Å². The monoisotopic (exact) mass is 461 g/mol. The van der Waals surface area contributed by atoms with Crippen LogP contribution in [0.5, 0.6) is 5.88 Å². The number of carbonyl (C=O) groups excluding carboxylic acids is 1. The molecule has 0 spiro atoms. The molecule has 33 heavy (non-hydrogen) atoms. The molecule has 3 aromatic carbocycles. The normalized spacial score (nSPS) is 10.7. The van der Waals surface area contributed by atoms with E-state index in [4.69, 9.17) is 21.4 Å². The summed E-state index contributed by atoms with van der Waals surface area (Å²) in [6.45, 7) is 0. The van der Waals surface area contributed by atoms with E-state index in [0.29, 0.717) is 23.5 Å². The molecular weight excluding hydrogens is 442 g/mol. The summed E-state index contributed by atoms with van der Waals surface area (Å²) in [6.07, 6.45) is 0.0379. The van der Waals surface area contributed by atoms with Crippen molar-refractivity contribution in [3.8, 4) is 5.88 Å². The van der Waals surface area contributed by atoms with Crippen molar-refractivity contribution in [3.63, 3.8) is 0 Å². The SMILES string of the molecule is COc1nc(Cc2ccc(NC(=O)c3ccc4ccccc4c3)cc2)nc(Cl)c1CC(=O)O. The molecule has 2 N–H and O–H groups in total. The van der Waals surface area contributed by atoms with Gasteiger partial charge in [-0.3, -0.25) is 9.59 Å². The van der Waals surface area contributed by atoms with Gasteiger partial charge in [0.15, 0.2) is 0 Å². The number of carboxylic acids is 1. The summed E-state index contributed by atoms with van der Waals surface area (Å²) >= 11 is 6.16. The molecule has 0 aliphatic heterocycles. The van der Waals surface area contributed by atoms with Crippen LogP contribution in [0, 0.1) is 0 Å². The number of aliphatic carboxylic acids is 1. The lowest BCUT2D eigenvalue weighted by atomic mass is 10.1. The van der Waals surface area contributed by atoms with E-state index in [9.17, 15) is 9.59 Å². The van der Waals surface area contributed by atoms with Gasteiger partial charge < -0.3 is 15.2 Å². The Hall–Kier alpha value is -3.97. The fourth-order valence-electron chi connectivity index (χ4n) is 3.45. The molecule has 0 aliphatic rings. The molecule has 7 nitrogen and oxygen atoms in total. The van der Waals surface area contributed by atoms with Crippen LogP contribution >= 0.6 is 11.6 Å². The van der Waals surface area contributed by atoms with Crippen molar-refractivity contribution in [2.75, 3.05) is 12.4 Å². The van der Waals surface area contributed by atoms with E-state index in [1.165, 1.54) is 7.11 Å². The minimum absolute atomic E-state index is 0.0542. The average molecular weight is 462 g/mol. The number of carbonyl (C=O) groups is 2. The van der Waals surface area contributed by atoms with Gasteiger partial charge in [0.25, 0.3) is 5.91 Å². The number of carboxylic acid groups (broad SMARTS) is 1. The van der Waals surface area contributed by atoms with Crippen molar-refractivity contribution in [1.29, 1.82) is 0 Å². The molecule has 0 fully saturated rings. The lowest BCUT2D eigenvalue weighted by molar-refractivity contribution is -0.136. The van der Waals surface area contributed by atoms with Crippen molar-refractivity contribution < 1.29 is 19.4 Å². The standard InChI is InChI=1S/C25H20ClN3O4/c1-33-25-20(14-22(30)31)23(26)28-21(29-25)12-15-6-10-19(11-7-15)27-24(32)18-9-8-16-4-2-3-5-17(16)13-18/h2-11,13H,12,14H2,1H3,(H,27,32)(H,30,31). The van der Waals surface area contributed by atoms with Crippen LogP contribution in [0.1, 0.15) is 27.3 Å². The molecule has 1 heterocycles. The molecule has 166 valence electrons. The van der Waals surface area contributed by atoms with E-state index in [0.717, 1.165) is 16.3 Å². The molecule has 0 saturated heterocycles. The number of rotatable bonds is 7. The summed E-state index contributed by atoms with van der Waals surface area (Å²) in [5.41, 5.74) is 2.37. The average Bonchev–Trinajstić information content (AvgIpc) is 2.81. The quantitative estimate of drug-likeness (QED) is 0.385. The van der Waals surface area contributed by atoms with Gasteiger partial charge in [0.1, 0.15) is 11.0 Å². The van der Waals surface area contributed by atoms with Gasteiger partial charge in [-0.2, -0.15) is 4.98 Å². The van der Waals surface area contributed by atoms with Gasteiger partial charge in [0.05, 0.1) is 19.1 Å². The van der Waals surface area contributed by atoms with E-state index < -0.39 is 5.97 Å². The zero-order valence-corrected chi connectivity index (χ0v) is 18.5. The van der Waals surface area contributed by atoms with Crippen molar-refractivity contribution in [2.24, 2.45) is 0 Å². The molecule has 0 unspecified atom stereocenters. The van der Waals surface area contributed by atoms with E-state index in [1.54, 1.807) is 18.2 Å². The van der Waals surface area contributed by atoms with E-state index in [-0.39, 0.29) is 28.9 Å². The molecule has 0 bridgehead atoms. The molecule has 4 rings (SSSR count). The lowest BCUT2D eigenvalue weighted by Crippen LogP contribution is -2.11. The maximum atomic E-state index is 12.6. The second-order valence-corrected chi connectivity index (χ2v) is 7.74. The fourth-order valence-corrected chi connectivity index (χ4v) is 3.69. The molecule has 8 heteroatoms. The second kappa shape index (κ2) is 9.67. The van der Waals surface area contributed by atoms with Crippen LogP contribution < -0.4 is 10.1 Å². The maximum Gasteiger partial charge on any atom is 0.308 e. The predicted octanol–water partition coefficient (Wildman–Crippen LogP) is 4.76. The molecule has 1 amide bonds. The van der Waals surface area contributed by atoms with Crippen molar-refractivity contribution >= 4 is 39.9 Å². The summed E-state index contributed by atoms with van der Waals surface area (Å²) in [5.74, 6) is -0.694. The summed E-state index contributed by atoms with van der Waals surface area (Å²) < 4.78 is 5.19. The Morgan fingerprint density at radius 3 is 2.42 bits per heavy atom. The predicted molar refractivity (Wildman–Crippen MR) is 126 cm³/mol. The smallest absolute Gasteiger partial charge is 0.308 e. The third-order valence-electron chi connectivity index (χ3n) is 5.07. The molecule has 4 aromatic rings. The third-order valence-corrected chi connectivity index (χ3v) is 5.38. The largest absolute Gasteiger partial charge is 0.481 e. The third kappa shape index (κ3) is 5.27. The highest BCUT2D eigenvalue weighted by Gasteiger charge is 2.17. The number of methoxy groups -OCH3 is 1. The Morgan fingerprint density at radius 1 is 1.00 bits per heavy atom. The minimum Gasteiger partial charge on any atom is -0.481 e. The molecule has 1 aromatic heterocycles. The van der Waals surface area contributed by atoms with E-state index in [1.807, 2.05) is 48.5 Å². The molecule has 0 saturated carbocycles. The molecule has 0 aliphatic carbocycles. The van der Waals surface area contributed by atoms with Gasteiger partial charge in [-0.15, -0.1) is 0 Å². The Morgan fingerprint density at radius 2 is 1.73 bits per heavy atom. The first-order valence-electron chi connectivity index (χ1n) is 10.1. The fraction of sp³-hybridized carbons (Fsp3) is 0.120. The zero-order chi connectivity index (χ0) is 23.4. The Labute approximate surface area is 195 Å². The maximum absolute atomic E-state index is 12.6. The van der Waals surface area contributed by atoms with Crippen molar-refractivity contribution in [2.45, 2.75) is 12.8 Å². The highest BCUT2D eigenvalue weighted by atomic mass is 35.5. The number of ether oxygens (including phenoxy) is 1. The number of hydrogen-bond acceptors (Lipinski definition) is 5. The summed E-state index contributed by atoms with van der Waals surface area (Å²) in [5, 5.41) is 14.1. The second-order valence-electron chi connectivity index (χ2n) is 7.38. The first-order chi connectivity index (χ1) is 15.9.